The molecule has 2 N–H and O–H groups in total. The van der Waals surface area contributed by atoms with Crippen LogP contribution in [-0.4, -0.2) is 62.1 Å². The van der Waals surface area contributed by atoms with E-state index in [1.165, 1.54) is 6.26 Å². The third-order valence-corrected chi connectivity index (χ3v) is 10.2. The molecule has 2 aliphatic rings. The lowest BCUT2D eigenvalue weighted by Crippen LogP contribution is -2.19. The molecule has 1 fully saturated rings. The zero-order valence-electron chi connectivity index (χ0n) is 25.2. The number of pyridine rings is 1. The number of sulfone groups is 1. The van der Waals surface area contributed by atoms with Gasteiger partial charge < -0.3 is 15.4 Å². The Hall–Kier alpha value is -3.55. The van der Waals surface area contributed by atoms with Crippen molar-refractivity contribution in [3.8, 4) is 0 Å². The van der Waals surface area contributed by atoms with Crippen LogP contribution in [0.5, 0.6) is 0 Å². The van der Waals surface area contributed by atoms with E-state index in [9.17, 15) is 8.42 Å². The summed E-state index contributed by atoms with van der Waals surface area (Å²) in [5, 5.41) is 7.52. The maximum atomic E-state index is 13.1. The predicted molar refractivity (Wildman–Crippen MR) is 172 cm³/mol. The molecule has 0 saturated carbocycles. The number of rotatable bonds is 7. The third-order valence-electron chi connectivity index (χ3n) is 7.58. The van der Waals surface area contributed by atoms with Gasteiger partial charge in [0.1, 0.15) is 29.2 Å². The van der Waals surface area contributed by atoms with Crippen LogP contribution in [0, 0.1) is 20.8 Å². The molecule has 6 rings (SSSR count). The van der Waals surface area contributed by atoms with Crippen molar-refractivity contribution in [1.29, 1.82) is 0 Å². The minimum absolute atomic E-state index is 0.185. The second kappa shape index (κ2) is 11.2. The molecule has 1 saturated heterocycles. The summed E-state index contributed by atoms with van der Waals surface area (Å²) in [5.74, 6) is 2.68. The molecule has 226 valence electrons. The molecule has 0 spiro atoms. The number of aromatic nitrogens is 5. The van der Waals surface area contributed by atoms with E-state index in [1.54, 1.807) is 30.1 Å². The van der Waals surface area contributed by atoms with Gasteiger partial charge in [0.15, 0.2) is 15.5 Å². The summed E-state index contributed by atoms with van der Waals surface area (Å²) in [5.41, 5.74) is 4.55. The van der Waals surface area contributed by atoms with Gasteiger partial charge in [-0.3, -0.25) is 14.5 Å². The number of hydrogen-bond acceptors (Lipinski definition) is 11. The number of nitrogens with zero attached hydrogens (tertiary/aromatic N) is 6. The summed E-state index contributed by atoms with van der Waals surface area (Å²) in [7, 11) is -3.60. The number of benzene rings is 1. The van der Waals surface area contributed by atoms with Crippen LogP contribution in [0.15, 0.2) is 40.4 Å². The number of nitrogens with one attached hydrogen (secondary N) is 2. The van der Waals surface area contributed by atoms with Crippen LogP contribution >= 0.6 is 11.8 Å². The molecule has 0 radical (unpaired) electrons. The number of hydrogen-bond donors (Lipinski definition) is 2. The van der Waals surface area contributed by atoms with Gasteiger partial charge >= 0.3 is 0 Å². The van der Waals surface area contributed by atoms with Gasteiger partial charge in [0.25, 0.3) is 0 Å². The number of anilines is 4. The van der Waals surface area contributed by atoms with E-state index in [2.05, 4.69) is 34.4 Å². The Labute approximate surface area is 255 Å². The number of imidazole rings is 1. The van der Waals surface area contributed by atoms with Crippen molar-refractivity contribution in [2.24, 2.45) is 4.99 Å². The fraction of sp³-hybridized carbons (Fsp3) is 0.433. The van der Waals surface area contributed by atoms with Crippen LogP contribution in [0.2, 0.25) is 0 Å². The van der Waals surface area contributed by atoms with Crippen molar-refractivity contribution in [3.63, 3.8) is 0 Å². The second-order valence-corrected chi connectivity index (χ2v) is 14.7. The zero-order chi connectivity index (χ0) is 30.5. The predicted octanol–water partition coefficient (Wildman–Crippen LogP) is 6.01. The van der Waals surface area contributed by atoms with Crippen LogP contribution in [0.25, 0.3) is 11.2 Å². The number of thioether (sulfide) groups is 1. The summed E-state index contributed by atoms with van der Waals surface area (Å²) in [4.78, 5) is 23.8. The number of fused-ring (bicyclic) bond motifs is 1. The van der Waals surface area contributed by atoms with Crippen molar-refractivity contribution in [1.82, 2.24) is 24.5 Å². The highest BCUT2D eigenvalue weighted by molar-refractivity contribution is 8.14. The molecule has 13 heteroatoms. The lowest BCUT2D eigenvalue weighted by Gasteiger charge is -2.25. The first kappa shape index (κ1) is 29.5. The molecular weight excluding hydrogens is 585 g/mol. The second-order valence-electron chi connectivity index (χ2n) is 11.8. The Morgan fingerprint density at radius 2 is 1.81 bits per heavy atom. The molecule has 1 atom stereocenters. The number of aliphatic imine (C=N–C) groups is 1. The maximum absolute atomic E-state index is 13.1. The third kappa shape index (κ3) is 6.11. The molecule has 1 unspecified atom stereocenters. The van der Waals surface area contributed by atoms with Gasteiger partial charge in [-0.25, -0.2) is 23.4 Å². The van der Waals surface area contributed by atoms with E-state index in [4.69, 9.17) is 19.7 Å². The molecule has 0 aliphatic carbocycles. The number of aryl methyl sites for hydroxylation is 3. The average Bonchev–Trinajstić information content (AvgIpc) is 3.49. The Balaban J connectivity index is 1.47. The fourth-order valence-electron chi connectivity index (χ4n) is 5.28. The van der Waals surface area contributed by atoms with E-state index in [1.807, 2.05) is 37.5 Å². The van der Waals surface area contributed by atoms with Crippen LogP contribution in [0.1, 0.15) is 62.1 Å². The van der Waals surface area contributed by atoms with E-state index in [0.717, 1.165) is 52.8 Å². The highest BCUT2D eigenvalue weighted by Crippen LogP contribution is 2.37. The SMILES string of the molecule is Cc1ncc(Nc2cc(Nc3ccc(C4=NC(C)(C)CS4)cc3S(C)(=O)=O)c3nc(C)n(C4CCCCO4)c3n2)nc1C. The van der Waals surface area contributed by atoms with Crippen LogP contribution in [0.3, 0.4) is 0 Å². The number of ether oxygens (including phenoxy) is 1. The van der Waals surface area contributed by atoms with E-state index >= 15 is 0 Å². The van der Waals surface area contributed by atoms with Crippen molar-refractivity contribution in [2.75, 3.05) is 29.2 Å². The van der Waals surface area contributed by atoms with Gasteiger partial charge in [0.2, 0.25) is 0 Å². The van der Waals surface area contributed by atoms with Gasteiger partial charge in [-0.1, -0.05) is 6.07 Å². The summed E-state index contributed by atoms with van der Waals surface area (Å²) >= 11 is 1.64. The Morgan fingerprint density at radius 3 is 2.49 bits per heavy atom. The molecule has 3 aromatic heterocycles. The van der Waals surface area contributed by atoms with Crippen molar-refractivity contribution in [3.05, 3.63) is 53.2 Å². The average molecular weight is 621 g/mol. The highest BCUT2D eigenvalue weighted by atomic mass is 32.2. The van der Waals surface area contributed by atoms with Crippen LogP contribution < -0.4 is 10.6 Å². The van der Waals surface area contributed by atoms with Gasteiger partial charge in [-0.2, -0.15) is 0 Å². The lowest BCUT2D eigenvalue weighted by atomic mass is 10.1. The quantitative estimate of drug-likeness (QED) is 0.253. The fourth-order valence-corrected chi connectivity index (χ4v) is 7.30. The van der Waals surface area contributed by atoms with Gasteiger partial charge in [-0.05, 0) is 66.0 Å². The molecule has 11 nitrogen and oxygen atoms in total. The summed E-state index contributed by atoms with van der Waals surface area (Å²) < 4.78 is 34.3. The first-order chi connectivity index (χ1) is 20.4. The van der Waals surface area contributed by atoms with Crippen LogP contribution in [0.4, 0.5) is 23.0 Å². The molecule has 43 heavy (non-hydrogen) atoms. The molecule has 4 aromatic rings. The van der Waals surface area contributed by atoms with Gasteiger partial charge in [-0.15, -0.1) is 11.8 Å². The van der Waals surface area contributed by atoms with Crippen molar-refractivity contribution >= 4 is 60.8 Å². The van der Waals surface area contributed by atoms with Crippen molar-refractivity contribution in [2.45, 2.75) is 70.5 Å². The first-order valence-electron chi connectivity index (χ1n) is 14.3. The summed E-state index contributed by atoms with van der Waals surface area (Å²) in [6, 6.07) is 7.22. The van der Waals surface area contributed by atoms with Crippen LogP contribution in [-0.2, 0) is 14.6 Å². The Kier molecular flexibility index (Phi) is 7.68. The molecule has 5 heterocycles. The van der Waals surface area contributed by atoms with Gasteiger partial charge in [0, 0.05) is 30.2 Å². The molecule has 2 aliphatic heterocycles. The molecular formula is C30H36N8O3S2. The molecule has 1 aromatic carbocycles. The zero-order valence-corrected chi connectivity index (χ0v) is 26.9. The lowest BCUT2D eigenvalue weighted by molar-refractivity contribution is -0.0308. The minimum atomic E-state index is -3.60. The van der Waals surface area contributed by atoms with E-state index < -0.39 is 9.84 Å². The van der Waals surface area contributed by atoms with Gasteiger partial charge in [0.05, 0.1) is 44.4 Å². The largest absolute Gasteiger partial charge is 0.358 e. The summed E-state index contributed by atoms with van der Waals surface area (Å²) in [6.45, 7) is 10.6. The molecule has 0 bridgehead atoms. The normalized spacial score (nSPS) is 18.6. The summed E-state index contributed by atoms with van der Waals surface area (Å²) in [6.07, 6.45) is 5.63. The standard InChI is InChI=1S/C30H36N8O3S2/c1-17-18(2)32-25(15-31-17)35-24-14-22(27-28(36-24)38(19(3)33-27)26-9-7-8-12-41-26)34-21-11-10-20(13-23(21)43(6,39)40)29-37-30(4,5)16-42-29/h10-11,13-15,26H,7-9,12,16H2,1-6H3,(H2,32,34,35,36). The molecule has 0 amide bonds. The monoisotopic (exact) mass is 620 g/mol. The highest BCUT2D eigenvalue weighted by Gasteiger charge is 2.28. The maximum Gasteiger partial charge on any atom is 0.177 e. The van der Waals surface area contributed by atoms with E-state index in [-0.39, 0.29) is 16.7 Å². The Bertz CT molecular complexity index is 1860. The minimum Gasteiger partial charge on any atom is -0.358 e. The van der Waals surface area contributed by atoms with Crippen molar-refractivity contribution < 1.29 is 13.2 Å². The smallest absolute Gasteiger partial charge is 0.177 e. The van der Waals surface area contributed by atoms with E-state index in [0.29, 0.717) is 40.8 Å². The topological polar surface area (TPSA) is 136 Å². The first-order valence-corrected chi connectivity index (χ1v) is 17.2. The Morgan fingerprint density at radius 1 is 1.00 bits per heavy atom.